The van der Waals surface area contributed by atoms with Crippen LogP contribution in [-0.2, 0) is 0 Å². The fraction of sp³-hybridized carbons (Fsp3) is 0.188. The fourth-order valence-electron chi connectivity index (χ4n) is 1.49. The Morgan fingerprint density at radius 3 is 2.32 bits per heavy atom. The lowest BCUT2D eigenvalue weighted by atomic mass is 10.2. The van der Waals surface area contributed by atoms with E-state index in [4.69, 9.17) is 0 Å². The normalized spacial score (nSPS) is 11.6. The molecule has 3 heteroatoms. The van der Waals surface area contributed by atoms with E-state index in [9.17, 15) is 0 Å². The van der Waals surface area contributed by atoms with Crippen LogP contribution in [0.1, 0.15) is 18.9 Å². The van der Waals surface area contributed by atoms with E-state index in [0.717, 1.165) is 17.2 Å². The summed E-state index contributed by atoms with van der Waals surface area (Å²) in [5, 5.41) is 1.15. The van der Waals surface area contributed by atoms with Gasteiger partial charge in [-0.3, -0.25) is 0 Å². The molecule has 0 spiro atoms. The fourth-order valence-corrected chi connectivity index (χ4v) is 3.57. The first-order valence-electron chi connectivity index (χ1n) is 6.31. The predicted molar refractivity (Wildman–Crippen MR) is 88.5 cm³/mol. The van der Waals surface area contributed by atoms with E-state index in [0.29, 0.717) is 0 Å². The molecule has 1 nitrogen and oxygen atoms in total. The first kappa shape index (κ1) is 14.2. The van der Waals surface area contributed by atoms with Crippen molar-refractivity contribution in [3.05, 3.63) is 60.2 Å². The summed E-state index contributed by atoms with van der Waals surface area (Å²) in [7, 11) is 3.51. The Balaban J connectivity index is 2.00. The van der Waals surface area contributed by atoms with Gasteiger partial charge in [0.25, 0.3) is 0 Å². The van der Waals surface area contributed by atoms with Gasteiger partial charge >= 0.3 is 0 Å². The van der Waals surface area contributed by atoms with Crippen molar-refractivity contribution in [1.82, 2.24) is 0 Å². The number of aryl methyl sites for hydroxylation is 1. The van der Waals surface area contributed by atoms with Crippen molar-refractivity contribution in [2.24, 2.45) is 4.99 Å². The summed E-state index contributed by atoms with van der Waals surface area (Å²) < 4.78 is 0. The van der Waals surface area contributed by atoms with Crippen LogP contribution in [0.15, 0.2) is 64.5 Å². The second-order valence-electron chi connectivity index (χ2n) is 4.17. The van der Waals surface area contributed by atoms with Crippen molar-refractivity contribution in [3.8, 4) is 0 Å². The zero-order chi connectivity index (χ0) is 13.5. The minimum Gasteiger partial charge on any atom is -0.246 e. The predicted octanol–water partition coefficient (Wildman–Crippen LogP) is 5.88. The summed E-state index contributed by atoms with van der Waals surface area (Å²) in [6.07, 6.45) is 0.957. The summed E-state index contributed by atoms with van der Waals surface area (Å²) >= 11 is 0. The van der Waals surface area contributed by atoms with Gasteiger partial charge in [0, 0.05) is 4.90 Å². The molecule has 0 fully saturated rings. The van der Waals surface area contributed by atoms with Crippen LogP contribution in [0, 0.1) is 6.92 Å². The molecule has 0 unspecified atom stereocenters. The number of hydrogen-bond acceptors (Lipinski definition) is 3. The first-order chi connectivity index (χ1) is 9.28. The quantitative estimate of drug-likeness (QED) is 0.396. The van der Waals surface area contributed by atoms with Gasteiger partial charge in [0.2, 0.25) is 0 Å². The summed E-state index contributed by atoms with van der Waals surface area (Å²) in [4.78, 5) is 5.94. The maximum absolute atomic E-state index is 4.67. The van der Waals surface area contributed by atoms with Gasteiger partial charge in [-0.25, -0.2) is 4.99 Å². The third kappa shape index (κ3) is 4.77. The van der Waals surface area contributed by atoms with Crippen molar-refractivity contribution < 1.29 is 0 Å². The van der Waals surface area contributed by atoms with E-state index < -0.39 is 0 Å². The van der Waals surface area contributed by atoms with E-state index in [-0.39, 0.29) is 0 Å². The number of rotatable bonds is 4. The number of nitrogens with zero attached hydrogens (tertiary/aromatic N) is 1. The molecule has 0 aliphatic carbocycles. The SMILES string of the molecule is CCC(=Nc1ccccc1)SSc1ccc(C)cc1. The Labute approximate surface area is 122 Å². The van der Waals surface area contributed by atoms with Gasteiger partial charge in [0.1, 0.15) is 0 Å². The zero-order valence-electron chi connectivity index (χ0n) is 11.2. The molecule has 2 rings (SSSR count). The summed E-state index contributed by atoms with van der Waals surface area (Å²) in [6.45, 7) is 4.25. The lowest BCUT2D eigenvalue weighted by molar-refractivity contribution is 1.30. The van der Waals surface area contributed by atoms with E-state index >= 15 is 0 Å². The number of benzene rings is 2. The van der Waals surface area contributed by atoms with Gasteiger partial charge < -0.3 is 0 Å². The van der Waals surface area contributed by atoms with Gasteiger partial charge in [-0.1, -0.05) is 53.6 Å². The highest BCUT2D eigenvalue weighted by atomic mass is 33.1. The van der Waals surface area contributed by atoms with Crippen LogP contribution >= 0.6 is 21.6 Å². The van der Waals surface area contributed by atoms with E-state index in [1.165, 1.54) is 10.5 Å². The second kappa shape index (κ2) is 7.41. The van der Waals surface area contributed by atoms with Crippen LogP contribution in [0.3, 0.4) is 0 Å². The molecule has 0 saturated heterocycles. The Hall–Kier alpha value is -1.19. The maximum Gasteiger partial charge on any atom is 0.0845 e. The van der Waals surface area contributed by atoms with Crippen LogP contribution in [0.2, 0.25) is 0 Å². The third-order valence-corrected chi connectivity index (χ3v) is 5.09. The van der Waals surface area contributed by atoms with Gasteiger partial charge in [0.15, 0.2) is 0 Å². The topological polar surface area (TPSA) is 12.4 Å². The highest BCUT2D eigenvalue weighted by Gasteiger charge is 2.01. The molecular weight excluding hydrogens is 270 g/mol. The van der Waals surface area contributed by atoms with Crippen LogP contribution in [0.5, 0.6) is 0 Å². The first-order valence-corrected chi connectivity index (χ1v) is 8.46. The molecule has 0 aromatic heterocycles. The van der Waals surface area contributed by atoms with Gasteiger partial charge in [-0.15, -0.1) is 0 Å². The lowest BCUT2D eigenvalue weighted by Gasteiger charge is -2.04. The molecule has 2 aromatic rings. The standard InChI is InChI=1S/C16H17NS2/c1-3-16(17-14-7-5-4-6-8-14)19-18-15-11-9-13(2)10-12-15/h4-12H,3H2,1-2H3. The molecule has 0 N–H and O–H groups in total. The molecule has 0 radical (unpaired) electrons. The van der Waals surface area contributed by atoms with Crippen molar-refractivity contribution in [2.45, 2.75) is 25.2 Å². The molecule has 0 aliphatic rings. The molecule has 0 saturated carbocycles. The van der Waals surface area contributed by atoms with Gasteiger partial charge in [-0.2, -0.15) is 0 Å². The molecule has 0 heterocycles. The number of hydrogen-bond donors (Lipinski definition) is 0. The molecule has 2 aromatic carbocycles. The third-order valence-electron chi connectivity index (χ3n) is 2.57. The summed E-state index contributed by atoms with van der Waals surface area (Å²) in [6, 6.07) is 18.7. The lowest BCUT2D eigenvalue weighted by Crippen LogP contribution is -1.85. The van der Waals surface area contributed by atoms with E-state index in [2.05, 4.69) is 43.1 Å². The average Bonchev–Trinajstić information content (AvgIpc) is 2.46. The molecule has 98 valence electrons. The Morgan fingerprint density at radius 1 is 1.00 bits per heavy atom. The molecular formula is C16H17NS2. The molecule has 0 amide bonds. The van der Waals surface area contributed by atoms with E-state index in [1.807, 2.05) is 30.3 Å². The minimum absolute atomic E-state index is 0.957. The Morgan fingerprint density at radius 2 is 1.68 bits per heavy atom. The average molecular weight is 287 g/mol. The minimum atomic E-state index is 0.957. The largest absolute Gasteiger partial charge is 0.246 e. The van der Waals surface area contributed by atoms with Crippen LogP contribution in [0.4, 0.5) is 5.69 Å². The van der Waals surface area contributed by atoms with Crippen molar-refractivity contribution in [2.75, 3.05) is 0 Å². The van der Waals surface area contributed by atoms with Gasteiger partial charge in [0.05, 0.1) is 10.7 Å². The summed E-state index contributed by atoms with van der Waals surface area (Å²) in [5.74, 6) is 0. The number of para-hydroxylation sites is 1. The monoisotopic (exact) mass is 287 g/mol. The van der Waals surface area contributed by atoms with Crippen molar-refractivity contribution in [1.29, 1.82) is 0 Å². The van der Waals surface area contributed by atoms with Crippen molar-refractivity contribution in [3.63, 3.8) is 0 Å². The second-order valence-corrected chi connectivity index (χ2v) is 6.45. The highest BCUT2D eigenvalue weighted by molar-refractivity contribution is 8.82. The smallest absolute Gasteiger partial charge is 0.0845 e. The molecule has 0 bridgehead atoms. The Kier molecular flexibility index (Phi) is 5.55. The van der Waals surface area contributed by atoms with Gasteiger partial charge in [-0.05, 0) is 48.4 Å². The Bertz CT molecular complexity index is 532. The molecule has 0 aliphatic heterocycles. The number of aliphatic imine (C=N–C) groups is 1. The maximum atomic E-state index is 4.67. The van der Waals surface area contributed by atoms with Crippen LogP contribution in [-0.4, -0.2) is 5.04 Å². The molecule has 0 atom stereocenters. The van der Waals surface area contributed by atoms with Crippen LogP contribution < -0.4 is 0 Å². The van der Waals surface area contributed by atoms with Crippen molar-refractivity contribution >= 4 is 32.3 Å². The highest BCUT2D eigenvalue weighted by Crippen LogP contribution is 2.34. The molecule has 19 heavy (non-hydrogen) atoms. The van der Waals surface area contributed by atoms with Crippen LogP contribution in [0.25, 0.3) is 0 Å². The summed E-state index contributed by atoms with van der Waals surface area (Å²) in [5.41, 5.74) is 2.32. The van der Waals surface area contributed by atoms with E-state index in [1.54, 1.807) is 21.6 Å². The zero-order valence-corrected chi connectivity index (χ0v) is 12.8.